The largest absolute Gasteiger partial charge is 0.452 e. The Morgan fingerprint density at radius 3 is 2.50 bits per heavy atom. The van der Waals surface area contributed by atoms with Crippen molar-refractivity contribution in [2.75, 3.05) is 13.7 Å². The van der Waals surface area contributed by atoms with Crippen molar-refractivity contribution in [3.8, 4) is 5.69 Å². The highest BCUT2D eigenvalue weighted by molar-refractivity contribution is 6.33. The van der Waals surface area contributed by atoms with Gasteiger partial charge in [0.2, 0.25) is 0 Å². The van der Waals surface area contributed by atoms with E-state index in [1.165, 1.54) is 34.8 Å². The van der Waals surface area contributed by atoms with Gasteiger partial charge in [-0.15, -0.1) is 0 Å². The first-order valence-electron chi connectivity index (χ1n) is 8.94. The van der Waals surface area contributed by atoms with E-state index in [9.17, 15) is 14.0 Å². The molecule has 0 aliphatic carbocycles. The molecule has 156 valence electrons. The highest BCUT2D eigenvalue weighted by Crippen LogP contribution is 2.24. The minimum atomic E-state index is -0.773. The van der Waals surface area contributed by atoms with Crippen LogP contribution in [-0.4, -0.2) is 40.2 Å². The zero-order valence-electron chi connectivity index (χ0n) is 16.2. The molecule has 3 rings (SSSR count). The van der Waals surface area contributed by atoms with Crippen LogP contribution in [0.5, 0.6) is 0 Å². The van der Waals surface area contributed by atoms with Gasteiger partial charge < -0.3 is 9.64 Å². The van der Waals surface area contributed by atoms with Gasteiger partial charge in [-0.05, 0) is 31.2 Å². The van der Waals surface area contributed by atoms with E-state index in [4.69, 9.17) is 27.9 Å². The molecule has 0 aliphatic heterocycles. The minimum Gasteiger partial charge on any atom is -0.452 e. The molecule has 0 saturated carbocycles. The molecule has 0 saturated heterocycles. The van der Waals surface area contributed by atoms with Crippen LogP contribution >= 0.6 is 23.2 Å². The number of ether oxygens (including phenoxy) is 1. The van der Waals surface area contributed by atoms with Crippen molar-refractivity contribution in [1.82, 2.24) is 14.7 Å². The number of halogens is 3. The van der Waals surface area contributed by atoms with Crippen LogP contribution in [-0.2, 0) is 16.1 Å². The summed E-state index contributed by atoms with van der Waals surface area (Å²) < 4.78 is 20.5. The molecule has 0 N–H and O–H groups in total. The SMILES string of the molecule is Cc1nn(-c2ccccc2)c(Cl)c1C(=O)OCC(=O)N(C)Cc1c(F)cccc1Cl. The summed E-state index contributed by atoms with van der Waals surface area (Å²) in [6.45, 7) is 1.03. The first-order chi connectivity index (χ1) is 14.3. The number of esters is 1. The van der Waals surface area contributed by atoms with E-state index >= 15 is 0 Å². The number of rotatable bonds is 6. The van der Waals surface area contributed by atoms with Crippen LogP contribution in [0.1, 0.15) is 21.6 Å². The van der Waals surface area contributed by atoms with Gasteiger partial charge >= 0.3 is 5.97 Å². The summed E-state index contributed by atoms with van der Waals surface area (Å²) >= 11 is 12.3. The Bertz CT molecular complexity index is 1070. The van der Waals surface area contributed by atoms with Crippen LogP contribution in [0.3, 0.4) is 0 Å². The molecule has 0 unspecified atom stereocenters. The van der Waals surface area contributed by atoms with Gasteiger partial charge in [0.05, 0.1) is 11.4 Å². The van der Waals surface area contributed by atoms with E-state index in [0.717, 1.165) is 0 Å². The van der Waals surface area contributed by atoms with E-state index in [1.54, 1.807) is 19.1 Å². The maximum absolute atomic E-state index is 13.9. The third-order valence-electron chi connectivity index (χ3n) is 4.42. The summed E-state index contributed by atoms with van der Waals surface area (Å²) in [4.78, 5) is 26.1. The standard InChI is InChI=1S/C21H18Cl2FN3O3/c1-13-19(20(23)27(25-13)14-7-4-3-5-8-14)21(29)30-12-18(28)26(2)11-15-16(22)9-6-10-17(15)24/h3-10H,11-12H2,1-2H3. The van der Waals surface area contributed by atoms with Crippen molar-refractivity contribution in [1.29, 1.82) is 0 Å². The molecular weight excluding hydrogens is 432 g/mol. The van der Waals surface area contributed by atoms with E-state index < -0.39 is 24.3 Å². The molecule has 0 fully saturated rings. The average Bonchev–Trinajstić information content (AvgIpc) is 3.03. The Labute approximate surface area is 182 Å². The van der Waals surface area contributed by atoms with E-state index in [0.29, 0.717) is 11.4 Å². The van der Waals surface area contributed by atoms with Gasteiger partial charge in [0, 0.05) is 24.2 Å². The molecule has 6 nitrogen and oxygen atoms in total. The third kappa shape index (κ3) is 4.63. The number of hydrogen-bond acceptors (Lipinski definition) is 4. The van der Waals surface area contributed by atoms with Crippen LogP contribution in [0.15, 0.2) is 48.5 Å². The first-order valence-corrected chi connectivity index (χ1v) is 9.69. The van der Waals surface area contributed by atoms with Crippen LogP contribution in [0.4, 0.5) is 4.39 Å². The minimum absolute atomic E-state index is 0.0619. The van der Waals surface area contributed by atoms with Crippen molar-refractivity contribution >= 4 is 35.1 Å². The van der Waals surface area contributed by atoms with E-state index in [2.05, 4.69) is 5.10 Å². The predicted octanol–water partition coefficient (Wildman–Crippen LogP) is 4.44. The van der Waals surface area contributed by atoms with Gasteiger partial charge in [-0.1, -0.05) is 47.5 Å². The van der Waals surface area contributed by atoms with Crippen LogP contribution in [0.25, 0.3) is 5.69 Å². The van der Waals surface area contributed by atoms with Crippen molar-refractivity contribution in [2.24, 2.45) is 0 Å². The van der Waals surface area contributed by atoms with Crippen LogP contribution in [0.2, 0.25) is 10.2 Å². The van der Waals surface area contributed by atoms with Crippen molar-refractivity contribution in [2.45, 2.75) is 13.5 Å². The number of aryl methyl sites for hydroxylation is 1. The fraction of sp³-hybridized carbons (Fsp3) is 0.190. The lowest BCUT2D eigenvalue weighted by Crippen LogP contribution is -2.31. The molecule has 1 heterocycles. The molecule has 0 aliphatic rings. The number of para-hydroxylation sites is 1. The van der Waals surface area contributed by atoms with E-state index in [-0.39, 0.29) is 27.8 Å². The fourth-order valence-electron chi connectivity index (χ4n) is 2.79. The Morgan fingerprint density at radius 1 is 1.13 bits per heavy atom. The summed E-state index contributed by atoms with van der Waals surface area (Å²) in [7, 11) is 1.46. The number of carbonyl (C=O) groups excluding carboxylic acids is 2. The smallest absolute Gasteiger partial charge is 0.343 e. The van der Waals surface area contributed by atoms with Crippen molar-refractivity contribution in [3.05, 3.63) is 81.3 Å². The number of nitrogens with zero attached hydrogens (tertiary/aromatic N) is 3. The topological polar surface area (TPSA) is 64.4 Å². The normalized spacial score (nSPS) is 10.7. The van der Waals surface area contributed by atoms with Crippen molar-refractivity contribution in [3.63, 3.8) is 0 Å². The van der Waals surface area contributed by atoms with Crippen molar-refractivity contribution < 1.29 is 18.7 Å². The second-order valence-electron chi connectivity index (χ2n) is 6.52. The van der Waals surface area contributed by atoms with Gasteiger partial charge in [-0.3, -0.25) is 4.79 Å². The number of likely N-dealkylation sites (N-methyl/N-ethyl adjacent to an activating group) is 1. The third-order valence-corrected chi connectivity index (χ3v) is 5.12. The Morgan fingerprint density at radius 2 is 1.83 bits per heavy atom. The Kier molecular flexibility index (Phi) is 6.74. The first kappa shape index (κ1) is 21.8. The lowest BCUT2D eigenvalue weighted by Gasteiger charge is -2.18. The van der Waals surface area contributed by atoms with E-state index in [1.807, 2.05) is 18.2 Å². The monoisotopic (exact) mass is 449 g/mol. The zero-order chi connectivity index (χ0) is 21.8. The molecule has 1 amide bonds. The highest BCUT2D eigenvalue weighted by atomic mass is 35.5. The van der Waals surface area contributed by atoms with Gasteiger partial charge in [0.1, 0.15) is 16.5 Å². The summed E-state index contributed by atoms with van der Waals surface area (Å²) in [5.74, 6) is -1.81. The molecule has 0 radical (unpaired) electrons. The number of amides is 1. The summed E-state index contributed by atoms with van der Waals surface area (Å²) in [6.07, 6.45) is 0. The Hall–Kier alpha value is -2.90. The van der Waals surface area contributed by atoms with Crippen LogP contribution < -0.4 is 0 Å². The molecule has 0 spiro atoms. The highest BCUT2D eigenvalue weighted by Gasteiger charge is 2.24. The molecule has 0 bridgehead atoms. The molecule has 30 heavy (non-hydrogen) atoms. The lowest BCUT2D eigenvalue weighted by molar-refractivity contribution is -0.133. The van der Waals surface area contributed by atoms with Gasteiger partial charge in [0.15, 0.2) is 6.61 Å². The summed E-state index contributed by atoms with van der Waals surface area (Å²) in [5.41, 5.74) is 1.31. The lowest BCUT2D eigenvalue weighted by atomic mass is 10.2. The second kappa shape index (κ2) is 9.28. The number of carbonyl (C=O) groups is 2. The summed E-state index contributed by atoms with van der Waals surface area (Å²) in [6, 6.07) is 13.3. The quantitative estimate of drug-likeness (QED) is 0.521. The maximum Gasteiger partial charge on any atom is 0.343 e. The predicted molar refractivity (Wildman–Crippen MR) is 111 cm³/mol. The van der Waals surface area contributed by atoms with Gasteiger partial charge in [0.25, 0.3) is 5.91 Å². The molecular formula is C21H18Cl2FN3O3. The van der Waals surface area contributed by atoms with Crippen LogP contribution in [0, 0.1) is 12.7 Å². The molecule has 3 aromatic rings. The molecule has 2 aromatic carbocycles. The fourth-order valence-corrected chi connectivity index (χ4v) is 3.36. The number of aromatic nitrogens is 2. The average molecular weight is 450 g/mol. The van der Waals surface area contributed by atoms with Gasteiger partial charge in [-0.25, -0.2) is 13.9 Å². The Balaban J connectivity index is 1.67. The number of benzene rings is 2. The zero-order valence-corrected chi connectivity index (χ0v) is 17.7. The summed E-state index contributed by atoms with van der Waals surface area (Å²) in [5, 5.41) is 4.57. The second-order valence-corrected chi connectivity index (χ2v) is 7.29. The maximum atomic E-state index is 13.9. The number of hydrogen-bond donors (Lipinski definition) is 0. The molecule has 1 aromatic heterocycles. The molecule has 9 heteroatoms. The van der Waals surface area contributed by atoms with Gasteiger partial charge in [-0.2, -0.15) is 5.10 Å². The molecule has 0 atom stereocenters.